The molecule has 0 fully saturated rings. The number of benzene rings is 2. The molecule has 8 heteroatoms. The molecule has 2 aromatic heterocycles. The van der Waals surface area contributed by atoms with Gasteiger partial charge in [0.25, 0.3) is 5.91 Å². The molecule has 4 aromatic rings. The van der Waals surface area contributed by atoms with E-state index in [1.807, 2.05) is 55.5 Å². The van der Waals surface area contributed by atoms with Crippen LogP contribution in [0.3, 0.4) is 0 Å². The molecular formula is C30H35N3O4S. The molecule has 38 heavy (non-hydrogen) atoms. The Morgan fingerprint density at radius 2 is 1.76 bits per heavy atom. The Hall–Kier alpha value is -3.78. The van der Waals surface area contributed by atoms with Gasteiger partial charge in [0.05, 0.1) is 38.3 Å². The van der Waals surface area contributed by atoms with Gasteiger partial charge in [-0.15, -0.1) is 11.3 Å². The summed E-state index contributed by atoms with van der Waals surface area (Å²) in [6, 6.07) is 15.8. The Morgan fingerprint density at radius 1 is 1.00 bits per heavy atom. The van der Waals surface area contributed by atoms with E-state index in [2.05, 4.69) is 22.2 Å². The topological polar surface area (TPSA) is 74.6 Å². The van der Waals surface area contributed by atoms with E-state index < -0.39 is 0 Å². The highest BCUT2D eigenvalue weighted by molar-refractivity contribution is 7.13. The van der Waals surface area contributed by atoms with Gasteiger partial charge in [0.15, 0.2) is 11.5 Å². The summed E-state index contributed by atoms with van der Waals surface area (Å²) >= 11 is 1.59. The maximum absolute atomic E-state index is 13.1. The summed E-state index contributed by atoms with van der Waals surface area (Å²) in [7, 11) is 4.93. The van der Waals surface area contributed by atoms with Gasteiger partial charge in [-0.2, -0.15) is 0 Å². The molecule has 0 radical (unpaired) electrons. The molecule has 0 bridgehead atoms. The first-order chi connectivity index (χ1) is 18.5. The number of unbranched alkanes of at least 4 members (excludes halogenated alkanes) is 1. The zero-order valence-electron chi connectivity index (χ0n) is 22.7. The standard InChI is InChI=1S/C30H35N3O4S/c1-6-7-15-31-29(34)24-18-26(25-19-38-30(32-25)22-9-11-23(35-3)12-10-22)33(20(24)2)16-14-21-8-13-27(36-4)28(17-21)37-5/h8-13,17-19H,6-7,14-16H2,1-5H3,(H,31,34). The summed E-state index contributed by atoms with van der Waals surface area (Å²) in [5.41, 5.74) is 5.53. The minimum absolute atomic E-state index is 0.0484. The van der Waals surface area contributed by atoms with Crippen LogP contribution in [0.5, 0.6) is 17.2 Å². The number of thiazole rings is 1. The van der Waals surface area contributed by atoms with Crippen LogP contribution >= 0.6 is 11.3 Å². The van der Waals surface area contributed by atoms with Crippen molar-refractivity contribution in [1.29, 1.82) is 0 Å². The van der Waals surface area contributed by atoms with Gasteiger partial charge in [-0.3, -0.25) is 4.79 Å². The van der Waals surface area contributed by atoms with Gasteiger partial charge in [0.2, 0.25) is 0 Å². The third kappa shape index (κ3) is 6.02. The van der Waals surface area contributed by atoms with Crippen molar-refractivity contribution in [1.82, 2.24) is 14.9 Å². The van der Waals surface area contributed by atoms with Crippen LogP contribution in [0, 0.1) is 6.92 Å². The second kappa shape index (κ2) is 12.6. The molecule has 2 aromatic carbocycles. The van der Waals surface area contributed by atoms with Crippen molar-refractivity contribution in [2.45, 2.75) is 39.7 Å². The van der Waals surface area contributed by atoms with Gasteiger partial charge in [-0.05, 0) is 67.8 Å². The monoisotopic (exact) mass is 533 g/mol. The smallest absolute Gasteiger partial charge is 0.253 e. The fourth-order valence-corrected chi connectivity index (χ4v) is 5.20. The largest absolute Gasteiger partial charge is 0.497 e. The molecule has 1 N–H and O–H groups in total. The number of hydrogen-bond acceptors (Lipinski definition) is 6. The molecule has 1 amide bonds. The summed E-state index contributed by atoms with van der Waals surface area (Å²) in [6.07, 6.45) is 2.74. The fraction of sp³-hybridized carbons (Fsp3) is 0.333. The predicted molar refractivity (Wildman–Crippen MR) is 153 cm³/mol. The summed E-state index contributed by atoms with van der Waals surface area (Å²) in [6.45, 7) is 5.47. The van der Waals surface area contributed by atoms with Crippen molar-refractivity contribution in [3.8, 4) is 39.2 Å². The normalized spacial score (nSPS) is 10.9. The number of carbonyl (C=O) groups excluding carboxylic acids is 1. The molecule has 2 heterocycles. The van der Waals surface area contributed by atoms with Crippen molar-refractivity contribution >= 4 is 17.2 Å². The molecule has 0 saturated heterocycles. The molecule has 0 aliphatic rings. The van der Waals surface area contributed by atoms with Gasteiger partial charge < -0.3 is 24.1 Å². The predicted octanol–water partition coefficient (Wildman–Crippen LogP) is 6.39. The number of rotatable bonds is 12. The van der Waals surface area contributed by atoms with Crippen LogP contribution in [0.1, 0.15) is 41.4 Å². The zero-order chi connectivity index (χ0) is 27.1. The Balaban J connectivity index is 1.66. The maximum Gasteiger partial charge on any atom is 0.253 e. The molecule has 200 valence electrons. The van der Waals surface area contributed by atoms with E-state index in [0.29, 0.717) is 30.2 Å². The molecule has 4 rings (SSSR count). The molecule has 0 saturated carbocycles. The number of aryl methyl sites for hydroxylation is 1. The van der Waals surface area contributed by atoms with E-state index in [1.165, 1.54) is 0 Å². The van der Waals surface area contributed by atoms with Gasteiger partial charge in [0.1, 0.15) is 10.8 Å². The van der Waals surface area contributed by atoms with Crippen molar-refractivity contribution in [3.05, 3.63) is 70.7 Å². The molecule has 0 aliphatic heterocycles. The second-order valence-electron chi connectivity index (χ2n) is 9.00. The lowest BCUT2D eigenvalue weighted by atomic mass is 10.1. The van der Waals surface area contributed by atoms with Gasteiger partial charge in [-0.1, -0.05) is 19.4 Å². The van der Waals surface area contributed by atoms with Crippen LogP contribution in [-0.4, -0.2) is 43.3 Å². The number of hydrogen-bond donors (Lipinski definition) is 1. The van der Waals surface area contributed by atoms with Gasteiger partial charge in [0, 0.05) is 29.7 Å². The quantitative estimate of drug-likeness (QED) is 0.214. The summed E-state index contributed by atoms with van der Waals surface area (Å²) < 4.78 is 18.3. The fourth-order valence-electron chi connectivity index (χ4n) is 4.38. The van der Waals surface area contributed by atoms with Gasteiger partial charge in [-0.25, -0.2) is 4.98 Å². The summed E-state index contributed by atoms with van der Waals surface area (Å²) in [5, 5.41) is 6.04. The Kier molecular flexibility index (Phi) is 9.07. The Morgan fingerprint density at radius 3 is 2.45 bits per heavy atom. The van der Waals surface area contributed by atoms with Crippen LogP contribution < -0.4 is 19.5 Å². The number of nitrogens with zero attached hydrogens (tertiary/aromatic N) is 2. The maximum atomic E-state index is 13.1. The van der Waals surface area contributed by atoms with Crippen molar-refractivity contribution < 1.29 is 19.0 Å². The average Bonchev–Trinajstić information content (AvgIpc) is 3.56. The van der Waals surface area contributed by atoms with Crippen LogP contribution in [0.2, 0.25) is 0 Å². The van der Waals surface area contributed by atoms with E-state index in [1.54, 1.807) is 32.7 Å². The lowest BCUT2D eigenvalue weighted by Crippen LogP contribution is -2.24. The average molecular weight is 534 g/mol. The summed E-state index contributed by atoms with van der Waals surface area (Å²) in [4.78, 5) is 18.0. The van der Waals surface area contributed by atoms with Crippen molar-refractivity contribution in [2.75, 3.05) is 27.9 Å². The first-order valence-electron chi connectivity index (χ1n) is 12.8. The Bertz CT molecular complexity index is 1370. The van der Waals surface area contributed by atoms with Crippen molar-refractivity contribution in [2.24, 2.45) is 0 Å². The third-order valence-corrected chi connectivity index (χ3v) is 7.49. The Labute approximate surface area is 228 Å². The van der Waals surface area contributed by atoms with E-state index in [0.717, 1.165) is 58.2 Å². The van der Waals surface area contributed by atoms with Crippen LogP contribution in [-0.2, 0) is 13.0 Å². The van der Waals surface area contributed by atoms with Crippen LogP contribution in [0.15, 0.2) is 53.9 Å². The van der Waals surface area contributed by atoms with E-state index in [-0.39, 0.29) is 5.91 Å². The number of methoxy groups -OCH3 is 3. The minimum Gasteiger partial charge on any atom is -0.497 e. The van der Waals surface area contributed by atoms with Gasteiger partial charge >= 0.3 is 0 Å². The second-order valence-corrected chi connectivity index (χ2v) is 9.85. The molecule has 0 spiro atoms. The SMILES string of the molecule is CCCCNC(=O)c1cc(-c2csc(-c3ccc(OC)cc3)n2)n(CCc2ccc(OC)c(OC)c2)c1C. The molecular weight excluding hydrogens is 498 g/mol. The van der Waals surface area contributed by atoms with E-state index in [4.69, 9.17) is 19.2 Å². The highest BCUT2D eigenvalue weighted by atomic mass is 32.1. The first-order valence-corrected chi connectivity index (χ1v) is 13.7. The van der Waals surface area contributed by atoms with E-state index in [9.17, 15) is 4.79 Å². The third-order valence-electron chi connectivity index (χ3n) is 6.60. The first kappa shape index (κ1) is 27.3. The number of ether oxygens (including phenoxy) is 3. The van der Waals surface area contributed by atoms with Crippen LogP contribution in [0.25, 0.3) is 22.0 Å². The van der Waals surface area contributed by atoms with E-state index >= 15 is 0 Å². The zero-order valence-corrected chi connectivity index (χ0v) is 23.5. The lowest BCUT2D eigenvalue weighted by molar-refractivity contribution is 0.0952. The highest BCUT2D eigenvalue weighted by Crippen LogP contribution is 2.33. The molecule has 0 atom stereocenters. The molecule has 7 nitrogen and oxygen atoms in total. The molecule has 0 aliphatic carbocycles. The highest BCUT2D eigenvalue weighted by Gasteiger charge is 2.20. The number of carbonyl (C=O) groups is 1. The van der Waals surface area contributed by atoms with Crippen molar-refractivity contribution in [3.63, 3.8) is 0 Å². The van der Waals surface area contributed by atoms with Crippen LogP contribution in [0.4, 0.5) is 0 Å². The number of amides is 1. The number of nitrogens with one attached hydrogen (secondary N) is 1. The minimum atomic E-state index is -0.0484. The lowest BCUT2D eigenvalue weighted by Gasteiger charge is -2.13. The number of aromatic nitrogens is 2. The summed E-state index contributed by atoms with van der Waals surface area (Å²) in [5.74, 6) is 2.17. The molecule has 0 unspecified atom stereocenters.